The summed E-state index contributed by atoms with van der Waals surface area (Å²) in [6.07, 6.45) is 2.34. The smallest absolute Gasteiger partial charge is 0.273 e. The Labute approximate surface area is 145 Å². The number of aryl methyl sites for hydroxylation is 1. The summed E-state index contributed by atoms with van der Waals surface area (Å²) in [5.74, 6) is 0.507. The molecular weight excluding hydrogens is 320 g/mol. The molecule has 2 aromatic rings. The number of carbonyl (C=O) groups excluding carboxylic acids is 1. The van der Waals surface area contributed by atoms with E-state index in [0.29, 0.717) is 16.7 Å². The maximum Gasteiger partial charge on any atom is 0.273 e. The van der Waals surface area contributed by atoms with E-state index >= 15 is 0 Å². The van der Waals surface area contributed by atoms with Crippen molar-refractivity contribution < 1.29 is 4.79 Å². The van der Waals surface area contributed by atoms with Crippen molar-refractivity contribution in [3.05, 3.63) is 45.0 Å². The molecular formula is C18H24N4O3. The Bertz CT molecular complexity index is 868. The van der Waals surface area contributed by atoms with Crippen LogP contribution in [-0.2, 0) is 11.3 Å². The van der Waals surface area contributed by atoms with E-state index in [2.05, 4.69) is 10.4 Å². The van der Waals surface area contributed by atoms with Gasteiger partial charge in [-0.3, -0.25) is 19.5 Å². The van der Waals surface area contributed by atoms with Crippen LogP contribution in [0.3, 0.4) is 0 Å². The first-order valence-corrected chi connectivity index (χ1v) is 8.74. The number of aromatic amines is 1. The summed E-state index contributed by atoms with van der Waals surface area (Å²) in [6.45, 7) is 2.61. The maximum atomic E-state index is 12.5. The van der Waals surface area contributed by atoms with Gasteiger partial charge in [0.1, 0.15) is 0 Å². The van der Waals surface area contributed by atoms with Crippen LogP contribution in [0.5, 0.6) is 0 Å². The van der Waals surface area contributed by atoms with Gasteiger partial charge in [0.05, 0.1) is 17.3 Å². The second kappa shape index (κ2) is 7.65. The third-order valence-electron chi connectivity index (χ3n) is 4.80. The minimum Gasteiger partial charge on any atom is -0.342 e. The van der Waals surface area contributed by atoms with Gasteiger partial charge < -0.3 is 10.2 Å². The van der Waals surface area contributed by atoms with E-state index < -0.39 is 0 Å². The fourth-order valence-electron chi connectivity index (χ4n) is 3.52. The third-order valence-corrected chi connectivity index (χ3v) is 4.80. The van der Waals surface area contributed by atoms with Crippen LogP contribution < -0.4 is 16.4 Å². The first-order chi connectivity index (χ1) is 12.1. The van der Waals surface area contributed by atoms with Gasteiger partial charge in [0, 0.05) is 19.5 Å². The average molecular weight is 344 g/mol. The van der Waals surface area contributed by atoms with Crippen LogP contribution >= 0.6 is 0 Å². The lowest BCUT2D eigenvalue weighted by Crippen LogP contribution is -2.43. The Morgan fingerprint density at radius 1 is 1.28 bits per heavy atom. The van der Waals surface area contributed by atoms with Crippen LogP contribution in [0.25, 0.3) is 10.8 Å². The average Bonchev–Trinajstić information content (AvgIpc) is 2.64. The summed E-state index contributed by atoms with van der Waals surface area (Å²) in [5.41, 5.74) is -0.579. The number of hydrogen-bond donors (Lipinski definition) is 2. The predicted molar refractivity (Wildman–Crippen MR) is 96.7 cm³/mol. The topological polar surface area (TPSA) is 87.2 Å². The van der Waals surface area contributed by atoms with Crippen LogP contribution in [0.2, 0.25) is 0 Å². The molecule has 7 nitrogen and oxygen atoms in total. The van der Waals surface area contributed by atoms with Gasteiger partial charge in [0.2, 0.25) is 5.91 Å². The van der Waals surface area contributed by atoms with Crippen LogP contribution in [0.1, 0.15) is 19.3 Å². The quantitative estimate of drug-likeness (QED) is 0.829. The number of aromatic nitrogens is 2. The summed E-state index contributed by atoms with van der Waals surface area (Å²) in [7, 11) is 1.92. The SMILES string of the molecule is CNCC1CCCN(C(=O)CCn2[nH]c(=O)c3ccccc3c2=O)C1. The van der Waals surface area contributed by atoms with Gasteiger partial charge >= 0.3 is 0 Å². The molecule has 1 fully saturated rings. The predicted octanol–water partition coefficient (Wildman–Crippen LogP) is 0.538. The summed E-state index contributed by atoms with van der Waals surface area (Å²) in [5, 5.41) is 6.49. The molecule has 7 heteroatoms. The third kappa shape index (κ3) is 3.82. The highest BCUT2D eigenvalue weighted by atomic mass is 16.2. The molecule has 1 aliphatic rings. The Kier molecular flexibility index (Phi) is 5.33. The van der Waals surface area contributed by atoms with Gasteiger partial charge in [-0.25, -0.2) is 4.68 Å². The van der Waals surface area contributed by atoms with E-state index in [-0.39, 0.29) is 30.0 Å². The first kappa shape index (κ1) is 17.4. The van der Waals surface area contributed by atoms with E-state index in [9.17, 15) is 14.4 Å². The van der Waals surface area contributed by atoms with Gasteiger partial charge in [-0.15, -0.1) is 0 Å². The number of hydrogen-bond acceptors (Lipinski definition) is 4. The lowest BCUT2D eigenvalue weighted by atomic mass is 9.98. The van der Waals surface area contributed by atoms with E-state index in [4.69, 9.17) is 0 Å². The minimum atomic E-state index is -0.310. The molecule has 0 radical (unpaired) electrons. The highest BCUT2D eigenvalue weighted by molar-refractivity contribution is 5.80. The number of likely N-dealkylation sites (tertiary alicyclic amines) is 1. The van der Waals surface area contributed by atoms with E-state index in [1.165, 1.54) is 4.68 Å². The Hall–Kier alpha value is -2.41. The van der Waals surface area contributed by atoms with Crippen molar-refractivity contribution in [2.75, 3.05) is 26.7 Å². The molecule has 1 unspecified atom stereocenters. The molecule has 2 N–H and O–H groups in total. The highest BCUT2D eigenvalue weighted by Crippen LogP contribution is 2.16. The number of fused-ring (bicyclic) bond motifs is 1. The molecule has 1 aliphatic heterocycles. The lowest BCUT2D eigenvalue weighted by Gasteiger charge is -2.32. The number of amides is 1. The number of carbonyl (C=O) groups is 1. The number of benzene rings is 1. The lowest BCUT2D eigenvalue weighted by molar-refractivity contribution is -0.133. The number of nitrogens with one attached hydrogen (secondary N) is 2. The largest absolute Gasteiger partial charge is 0.342 e. The Morgan fingerprint density at radius 2 is 2.04 bits per heavy atom. The number of rotatable bonds is 5. The fourth-order valence-corrected chi connectivity index (χ4v) is 3.52. The van der Waals surface area contributed by atoms with Crippen molar-refractivity contribution in [2.45, 2.75) is 25.8 Å². The van der Waals surface area contributed by atoms with Crippen LogP contribution in [-0.4, -0.2) is 47.3 Å². The molecule has 1 aromatic heterocycles. The second-order valence-electron chi connectivity index (χ2n) is 6.60. The van der Waals surface area contributed by atoms with Crippen molar-refractivity contribution >= 4 is 16.7 Å². The van der Waals surface area contributed by atoms with Crippen LogP contribution in [0, 0.1) is 5.92 Å². The molecule has 1 aromatic carbocycles. The normalized spacial score (nSPS) is 17.8. The minimum absolute atomic E-state index is 0.0294. The van der Waals surface area contributed by atoms with Crippen molar-refractivity contribution in [3.8, 4) is 0 Å². The maximum absolute atomic E-state index is 12.5. The summed E-state index contributed by atoms with van der Waals surface area (Å²) >= 11 is 0. The monoisotopic (exact) mass is 344 g/mol. The molecule has 2 heterocycles. The summed E-state index contributed by atoms with van der Waals surface area (Å²) in [4.78, 5) is 38.9. The molecule has 0 saturated carbocycles. The highest BCUT2D eigenvalue weighted by Gasteiger charge is 2.23. The van der Waals surface area contributed by atoms with Gasteiger partial charge in [-0.05, 0) is 44.5 Å². The zero-order valence-corrected chi connectivity index (χ0v) is 14.5. The molecule has 1 amide bonds. The number of piperidine rings is 1. The van der Waals surface area contributed by atoms with Crippen molar-refractivity contribution in [2.24, 2.45) is 5.92 Å². The molecule has 25 heavy (non-hydrogen) atoms. The Balaban J connectivity index is 1.70. The van der Waals surface area contributed by atoms with Gasteiger partial charge in [0.15, 0.2) is 0 Å². The molecule has 134 valence electrons. The van der Waals surface area contributed by atoms with E-state index in [1.807, 2.05) is 11.9 Å². The number of nitrogens with zero attached hydrogens (tertiary/aromatic N) is 2. The summed E-state index contributed by atoms with van der Waals surface area (Å²) < 4.78 is 1.25. The van der Waals surface area contributed by atoms with Crippen LogP contribution in [0.4, 0.5) is 0 Å². The molecule has 1 saturated heterocycles. The van der Waals surface area contributed by atoms with Crippen molar-refractivity contribution in [1.82, 2.24) is 20.0 Å². The van der Waals surface area contributed by atoms with Gasteiger partial charge in [-0.2, -0.15) is 0 Å². The molecule has 0 bridgehead atoms. The van der Waals surface area contributed by atoms with E-state index in [0.717, 1.165) is 32.5 Å². The van der Waals surface area contributed by atoms with Gasteiger partial charge in [0.25, 0.3) is 11.1 Å². The first-order valence-electron chi connectivity index (χ1n) is 8.74. The fraction of sp³-hybridized carbons (Fsp3) is 0.500. The standard InChI is InChI=1S/C18H24N4O3/c1-19-11-13-5-4-9-21(12-13)16(23)8-10-22-18(25)15-7-3-2-6-14(15)17(24)20-22/h2-3,6-7,13,19H,4-5,8-12H2,1H3,(H,20,24). The van der Waals surface area contributed by atoms with Gasteiger partial charge in [-0.1, -0.05) is 12.1 Å². The van der Waals surface area contributed by atoms with E-state index in [1.54, 1.807) is 24.3 Å². The molecule has 0 spiro atoms. The number of H-pyrrole nitrogens is 1. The van der Waals surface area contributed by atoms with Crippen molar-refractivity contribution in [3.63, 3.8) is 0 Å². The second-order valence-corrected chi connectivity index (χ2v) is 6.60. The zero-order valence-electron chi connectivity index (χ0n) is 14.5. The summed E-state index contributed by atoms with van der Waals surface area (Å²) in [6, 6.07) is 6.72. The molecule has 3 rings (SSSR count). The molecule has 1 atom stereocenters. The zero-order chi connectivity index (χ0) is 17.8. The molecule has 0 aliphatic carbocycles. The Morgan fingerprint density at radius 3 is 2.80 bits per heavy atom. The van der Waals surface area contributed by atoms with Crippen LogP contribution in [0.15, 0.2) is 33.9 Å². The van der Waals surface area contributed by atoms with Crippen molar-refractivity contribution in [1.29, 1.82) is 0 Å².